The number of hydrogen-bond donors (Lipinski definition) is 3. The van der Waals surface area contributed by atoms with Crippen LogP contribution in [0.25, 0.3) is 0 Å². The van der Waals surface area contributed by atoms with Crippen LogP contribution in [0.3, 0.4) is 0 Å². The lowest BCUT2D eigenvalue weighted by molar-refractivity contribution is -0.114. The number of halogens is 2. The molecule has 0 aromatic heterocycles. The summed E-state index contributed by atoms with van der Waals surface area (Å²) < 4.78 is 31.9. The third kappa shape index (κ3) is 6.09. The van der Waals surface area contributed by atoms with E-state index < -0.39 is 17.7 Å². The Bertz CT molecular complexity index is 769. The second-order valence-corrected chi connectivity index (χ2v) is 5.06. The minimum atomic E-state index is -0.734. The van der Waals surface area contributed by atoms with Gasteiger partial charge in [0.25, 0.3) is 0 Å². The molecule has 0 aliphatic heterocycles. The SMILES string of the molecule is CC(=O)Nc1cccc(OCCNC(=O)Nc2cc(F)ccc2F)c1. The lowest BCUT2D eigenvalue weighted by Crippen LogP contribution is -2.32. The lowest BCUT2D eigenvalue weighted by Gasteiger charge is -2.10. The van der Waals surface area contributed by atoms with Crippen molar-refractivity contribution in [3.05, 3.63) is 54.1 Å². The second-order valence-electron chi connectivity index (χ2n) is 5.06. The zero-order valence-corrected chi connectivity index (χ0v) is 13.4. The Morgan fingerprint density at radius 3 is 2.64 bits per heavy atom. The number of ether oxygens (including phenoxy) is 1. The molecule has 0 bridgehead atoms. The van der Waals surface area contributed by atoms with Crippen LogP contribution in [0.1, 0.15) is 6.92 Å². The smallest absolute Gasteiger partial charge is 0.319 e. The number of carbonyl (C=O) groups excluding carboxylic acids is 2. The van der Waals surface area contributed by atoms with Crippen LogP contribution in [0, 0.1) is 11.6 Å². The molecule has 3 amide bonds. The first-order valence-electron chi connectivity index (χ1n) is 7.44. The van der Waals surface area contributed by atoms with Crippen LogP contribution in [-0.2, 0) is 4.79 Å². The fraction of sp³-hybridized carbons (Fsp3) is 0.176. The van der Waals surface area contributed by atoms with Gasteiger partial charge < -0.3 is 20.7 Å². The molecule has 0 aliphatic carbocycles. The average Bonchev–Trinajstić information content (AvgIpc) is 2.55. The molecule has 0 heterocycles. The van der Waals surface area contributed by atoms with E-state index >= 15 is 0 Å². The van der Waals surface area contributed by atoms with E-state index in [9.17, 15) is 18.4 Å². The molecule has 2 aromatic rings. The number of anilines is 2. The number of nitrogens with one attached hydrogen (secondary N) is 3. The summed E-state index contributed by atoms with van der Waals surface area (Å²) in [5, 5.41) is 7.30. The van der Waals surface area contributed by atoms with E-state index in [1.807, 2.05) is 0 Å². The molecule has 132 valence electrons. The summed E-state index contributed by atoms with van der Waals surface area (Å²) >= 11 is 0. The van der Waals surface area contributed by atoms with Gasteiger partial charge in [-0.25, -0.2) is 13.6 Å². The van der Waals surface area contributed by atoms with E-state index in [1.165, 1.54) is 6.92 Å². The summed E-state index contributed by atoms with van der Waals surface area (Å²) in [5.74, 6) is -1.06. The highest BCUT2D eigenvalue weighted by molar-refractivity contribution is 5.89. The minimum Gasteiger partial charge on any atom is -0.492 e. The van der Waals surface area contributed by atoms with Gasteiger partial charge in [0.1, 0.15) is 24.0 Å². The number of amides is 3. The average molecular weight is 349 g/mol. The lowest BCUT2D eigenvalue weighted by atomic mass is 10.3. The summed E-state index contributed by atoms with van der Waals surface area (Å²) in [6.07, 6.45) is 0. The fourth-order valence-electron chi connectivity index (χ4n) is 1.96. The van der Waals surface area contributed by atoms with E-state index in [-0.39, 0.29) is 24.7 Å². The third-order valence-electron chi connectivity index (χ3n) is 2.99. The molecule has 25 heavy (non-hydrogen) atoms. The first-order chi connectivity index (χ1) is 11.9. The zero-order valence-electron chi connectivity index (χ0n) is 13.4. The molecule has 0 unspecified atom stereocenters. The second kappa shape index (κ2) is 8.62. The molecule has 2 aromatic carbocycles. The number of rotatable bonds is 6. The first kappa shape index (κ1) is 18.2. The Hall–Kier alpha value is -3.16. The molecule has 3 N–H and O–H groups in total. The number of carbonyl (C=O) groups is 2. The standard InChI is InChI=1S/C17H17F2N3O3/c1-11(23)21-13-3-2-4-14(10-13)25-8-7-20-17(24)22-16-9-12(18)5-6-15(16)19/h2-6,9-10H,7-8H2,1H3,(H,21,23)(H2,20,22,24). The zero-order chi connectivity index (χ0) is 18.2. The maximum absolute atomic E-state index is 13.4. The molecule has 0 spiro atoms. The highest BCUT2D eigenvalue weighted by atomic mass is 19.1. The van der Waals surface area contributed by atoms with Gasteiger partial charge in [0.2, 0.25) is 5.91 Å². The van der Waals surface area contributed by atoms with Gasteiger partial charge in [-0.15, -0.1) is 0 Å². The molecule has 0 aliphatic rings. The molecule has 0 atom stereocenters. The normalized spacial score (nSPS) is 10.0. The summed E-state index contributed by atoms with van der Waals surface area (Å²) in [6, 6.07) is 8.87. The molecule has 0 saturated carbocycles. The molecule has 0 fully saturated rings. The molecule has 0 saturated heterocycles. The van der Waals surface area contributed by atoms with Crippen molar-refractivity contribution < 1.29 is 23.1 Å². The quantitative estimate of drug-likeness (QED) is 0.701. The van der Waals surface area contributed by atoms with E-state index in [0.29, 0.717) is 11.4 Å². The fourth-order valence-corrected chi connectivity index (χ4v) is 1.96. The van der Waals surface area contributed by atoms with Crippen LogP contribution in [0.2, 0.25) is 0 Å². The Kier molecular flexibility index (Phi) is 6.27. The van der Waals surface area contributed by atoms with Gasteiger partial charge in [-0.05, 0) is 24.3 Å². The Balaban J connectivity index is 1.76. The van der Waals surface area contributed by atoms with Crippen molar-refractivity contribution >= 4 is 23.3 Å². The van der Waals surface area contributed by atoms with Gasteiger partial charge in [0.05, 0.1) is 12.2 Å². The highest BCUT2D eigenvalue weighted by Gasteiger charge is 2.07. The van der Waals surface area contributed by atoms with Crippen molar-refractivity contribution in [3.63, 3.8) is 0 Å². The molecule has 0 radical (unpaired) electrons. The van der Waals surface area contributed by atoms with E-state index in [2.05, 4.69) is 16.0 Å². The Morgan fingerprint density at radius 2 is 1.88 bits per heavy atom. The monoisotopic (exact) mass is 349 g/mol. The van der Waals surface area contributed by atoms with Gasteiger partial charge in [0.15, 0.2) is 0 Å². The van der Waals surface area contributed by atoms with Crippen LogP contribution in [0.4, 0.5) is 25.0 Å². The van der Waals surface area contributed by atoms with Gasteiger partial charge in [-0.3, -0.25) is 4.79 Å². The van der Waals surface area contributed by atoms with Crippen LogP contribution in [0.15, 0.2) is 42.5 Å². The maximum atomic E-state index is 13.4. The predicted octanol–water partition coefficient (Wildman–Crippen LogP) is 3.12. The Morgan fingerprint density at radius 1 is 1.08 bits per heavy atom. The summed E-state index contributed by atoms with van der Waals surface area (Å²) in [5.41, 5.74) is 0.346. The number of benzene rings is 2. The van der Waals surface area contributed by atoms with E-state index in [4.69, 9.17) is 4.74 Å². The number of hydrogen-bond acceptors (Lipinski definition) is 3. The molecular formula is C17H17F2N3O3. The van der Waals surface area contributed by atoms with Crippen LogP contribution >= 0.6 is 0 Å². The van der Waals surface area contributed by atoms with Gasteiger partial charge >= 0.3 is 6.03 Å². The Labute approximate surface area is 143 Å². The van der Waals surface area contributed by atoms with Crippen molar-refractivity contribution in [1.29, 1.82) is 0 Å². The first-order valence-corrected chi connectivity index (χ1v) is 7.44. The van der Waals surface area contributed by atoms with Crippen LogP contribution in [0.5, 0.6) is 5.75 Å². The molecule has 6 nitrogen and oxygen atoms in total. The minimum absolute atomic E-state index is 0.146. The summed E-state index contributed by atoms with van der Waals surface area (Å²) in [7, 11) is 0. The molecule has 2 rings (SSSR count). The van der Waals surface area contributed by atoms with Crippen molar-refractivity contribution in [3.8, 4) is 5.75 Å². The van der Waals surface area contributed by atoms with Crippen LogP contribution in [-0.4, -0.2) is 25.1 Å². The highest BCUT2D eigenvalue weighted by Crippen LogP contribution is 2.17. The maximum Gasteiger partial charge on any atom is 0.319 e. The van der Waals surface area contributed by atoms with Gasteiger partial charge in [0, 0.05) is 24.7 Å². The summed E-state index contributed by atoms with van der Waals surface area (Å²) in [4.78, 5) is 22.6. The van der Waals surface area contributed by atoms with Crippen LogP contribution < -0.4 is 20.7 Å². The topological polar surface area (TPSA) is 79.5 Å². The van der Waals surface area contributed by atoms with Crippen molar-refractivity contribution in [2.45, 2.75) is 6.92 Å². The number of urea groups is 1. The largest absolute Gasteiger partial charge is 0.492 e. The molecule has 8 heteroatoms. The van der Waals surface area contributed by atoms with Gasteiger partial charge in [-0.1, -0.05) is 6.07 Å². The predicted molar refractivity (Wildman–Crippen MR) is 89.6 cm³/mol. The van der Waals surface area contributed by atoms with E-state index in [0.717, 1.165) is 18.2 Å². The van der Waals surface area contributed by atoms with E-state index in [1.54, 1.807) is 24.3 Å². The van der Waals surface area contributed by atoms with Crippen molar-refractivity contribution in [2.24, 2.45) is 0 Å². The third-order valence-corrected chi connectivity index (χ3v) is 2.99. The summed E-state index contributed by atoms with van der Waals surface area (Å²) in [6.45, 7) is 1.70. The van der Waals surface area contributed by atoms with Gasteiger partial charge in [-0.2, -0.15) is 0 Å². The molecular weight excluding hydrogens is 332 g/mol. The van der Waals surface area contributed by atoms with Crippen molar-refractivity contribution in [2.75, 3.05) is 23.8 Å². The van der Waals surface area contributed by atoms with Crippen molar-refractivity contribution in [1.82, 2.24) is 5.32 Å².